The van der Waals surface area contributed by atoms with Crippen molar-refractivity contribution >= 4 is 38.2 Å². The average molecular weight is 437 g/mol. The van der Waals surface area contributed by atoms with E-state index in [2.05, 4.69) is 9.97 Å². The second-order valence-corrected chi connectivity index (χ2v) is 8.70. The van der Waals surface area contributed by atoms with Crippen molar-refractivity contribution in [3.63, 3.8) is 0 Å². The molecule has 1 amide bonds. The molecule has 1 fully saturated rings. The van der Waals surface area contributed by atoms with Crippen LogP contribution in [0.2, 0.25) is 0 Å². The molecule has 3 heterocycles. The number of H-pyrrole nitrogens is 1. The highest BCUT2D eigenvalue weighted by molar-refractivity contribution is 7.20. The summed E-state index contributed by atoms with van der Waals surface area (Å²) in [5.74, 6) is -0.173. The van der Waals surface area contributed by atoms with Gasteiger partial charge in [-0.2, -0.15) is 0 Å². The van der Waals surface area contributed by atoms with Crippen molar-refractivity contribution < 1.29 is 13.9 Å². The van der Waals surface area contributed by atoms with E-state index in [4.69, 9.17) is 4.74 Å². The van der Waals surface area contributed by atoms with E-state index in [9.17, 15) is 14.0 Å². The third-order valence-corrected chi connectivity index (χ3v) is 6.55. The fourth-order valence-corrected chi connectivity index (χ4v) is 4.97. The summed E-state index contributed by atoms with van der Waals surface area (Å²) in [6.07, 6.45) is 1.75. The van der Waals surface area contributed by atoms with Crippen LogP contribution >= 0.6 is 11.3 Å². The van der Waals surface area contributed by atoms with Crippen LogP contribution in [0.4, 0.5) is 4.39 Å². The number of para-hydroxylation sites is 1. The predicted molar refractivity (Wildman–Crippen MR) is 118 cm³/mol. The summed E-state index contributed by atoms with van der Waals surface area (Å²) >= 11 is 1.26. The number of carbonyl (C=O) groups excluding carboxylic acids is 1. The molecule has 0 saturated carbocycles. The predicted octanol–water partition coefficient (Wildman–Crippen LogP) is 4.10. The van der Waals surface area contributed by atoms with Crippen LogP contribution in [0.15, 0.2) is 53.3 Å². The zero-order valence-electron chi connectivity index (χ0n) is 16.6. The molecule has 1 saturated heterocycles. The van der Waals surface area contributed by atoms with Crippen molar-refractivity contribution in [2.75, 3.05) is 13.2 Å². The molecule has 1 aliphatic rings. The number of nitrogens with zero attached hydrogens (tertiary/aromatic N) is 2. The number of thiophene rings is 1. The Bertz CT molecular complexity index is 1330. The molecule has 4 aromatic rings. The average Bonchev–Trinajstić information content (AvgIpc) is 3.43. The minimum atomic E-state index is -0.348. The van der Waals surface area contributed by atoms with E-state index >= 15 is 0 Å². The van der Waals surface area contributed by atoms with E-state index in [-0.39, 0.29) is 29.9 Å². The van der Waals surface area contributed by atoms with Gasteiger partial charge in [0, 0.05) is 23.2 Å². The molecule has 1 unspecified atom stereocenters. The van der Waals surface area contributed by atoms with E-state index in [0.29, 0.717) is 40.1 Å². The van der Waals surface area contributed by atoms with Gasteiger partial charge in [0.1, 0.15) is 11.6 Å². The Kier molecular flexibility index (Phi) is 5.25. The first-order valence-corrected chi connectivity index (χ1v) is 11.0. The highest BCUT2D eigenvalue weighted by atomic mass is 32.1. The number of amides is 1. The van der Waals surface area contributed by atoms with Gasteiger partial charge in [-0.25, -0.2) is 9.37 Å². The summed E-state index contributed by atoms with van der Waals surface area (Å²) < 4.78 is 20.6. The summed E-state index contributed by atoms with van der Waals surface area (Å²) in [6.45, 7) is 1.19. The first-order valence-electron chi connectivity index (χ1n) is 10.2. The highest BCUT2D eigenvalue weighted by Gasteiger charge is 2.26. The van der Waals surface area contributed by atoms with Gasteiger partial charge in [-0.05, 0) is 43.2 Å². The van der Waals surface area contributed by atoms with Crippen molar-refractivity contribution in [1.82, 2.24) is 14.9 Å². The lowest BCUT2D eigenvalue weighted by molar-refractivity contribution is 0.0505. The van der Waals surface area contributed by atoms with Crippen LogP contribution < -0.4 is 5.56 Å². The summed E-state index contributed by atoms with van der Waals surface area (Å²) in [6, 6.07) is 13.5. The molecule has 0 radical (unpaired) electrons. The number of nitrogens with one attached hydrogen (secondary N) is 1. The Balaban J connectivity index is 1.49. The molecule has 0 bridgehead atoms. The number of carbonyl (C=O) groups is 1. The van der Waals surface area contributed by atoms with Crippen LogP contribution in [0.25, 0.3) is 21.0 Å². The van der Waals surface area contributed by atoms with Crippen molar-refractivity contribution in [2.45, 2.75) is 25.5 Å². The molecule has 31 heavy (non-hydrogen) atoms. The molecule has 0 spiro atoms. The van der Waals surface area contributed by atoms with Gasteiger partial charge in [0.2, 0.25) is 0 Å². The Morgan fingerprint density at radius 3 is 2.90 bits per heavy atom. The summed E-state index contributed by atoms with van der Waals surface area (Å²) in [5.41, 5.74) is 0.337. The van der Waals surface area contributed by atoms with Crippen LogP contribution in [-0.4, -0.2) is 40.0 Å². The molecule has 1 atom stereocenters. The molecule has 1 aliphatic heterocycles. The van der Waals surface area contributed by atoms with Gasteiger partial charge in [0.25, 0.3) is 11.5 Å². The lowest BCUT2D eigenvalue weighted by atomic mass is 10.2. The number of aromatic nitrogens is 2. The van der Waals surface area contributed by atoms with Crippen LogP contribution in [-0.2, 0) is 11.3 Å². The fraction of sp³-hybridized carbons (Fsp3) is 0.261. The van der Waals surface area contributed by atoms with E-state index in [0.717, 1.165) is 17.5 Å². The number of ether oxygens (including phenoxy) is 1. The van der Waals surface area contributed by atoms with Gasteiger partial charge in [-0.1, -0.05) is 18.2 Å². The number of hydrogen-bond donors (Lipinski definition) is 1. The normalized spacial score (nSPS) is 16.2. The Morgan fingerprint density at radius 2 is 2.10 bits per heavy atom. The molecule has 2 aromatic heterocycles. The number of aromatic amines is 1. The summed E-state index contributed by atoms with van der Waals surface area (Å²) in [4.78, 5) is 35.3. The van der Waals surface area contributed by atoms with Crippen molar-refractivity contribution in [3.05, 3.63) is 75.4 Å². The minimum Gasteiger partial charge on any atom is -0.376 e. The molecule has 2 aromatic carbocycles. The maximum Gasteiger partial charge on any atom is 0.264 e. The van der Waals surface area contributed by atoms with Gasteiger partial charge in [-0.15, -0.1) is 11.3 Å². The Labute approximate surface area is 181 Å². The molecule has 5 rings (SSSR count). The smallest absolute Gasteiger partial charge is 0.264 e. The van der Waals surface area contributed by atoms with E-state index in [1.807, 2.05) is 6.07 Å². The Hall–Kier alpha value is -3.10. The zero-order valence-corrected chi connectivity index (χ0v) is 17.5. The lowest BCUT2D eigenvalue weighted by Gasteiger charge is -2.24. The summed E-state index contributed by atoms with van der Waals surface area (Å²) in [7, 11) is 0. The molecule has 158 valence electrons. The number of benzene rings is 2. The quantitative estimate of drug-likeness (QED) is 0.510. The monoisotopic (exact) mass is 437 g/mol. The molecule has 8 heteroatoms. The van der Waals surface area contributed by atoms with E-state index in [1.165, 1.54) is 17.4 Å². The van der Waals surface area contributed by atoms with Crippen molar-refractivity contribution in [3.8, 4) is 0 Å². The number of fused-ring (bicyclic) bond motifs is 2. The largest absolute Gasteiger partial charge is 0.376 e. The molecular formula is C23H20FN3O3S. The zero-order chi connectivity index (χ0) is 21.4. The van der Waals surface area contributed by atoms with Crippen LogP contribution in [0.3, 0.4) is 0 Å². The van der Waals surface area contributed by atoms with Crippen LogP contribution in [0.5, 0.6) is 0 Å². The first kappa shape index (κ1) is 19.8. The number of rotatable bonds is 5. The standard InChI is InChI=1S/C23H20FN3O3S/c24-17-7-3-9-19-16(17)11-20(31-19)23(29)27(12-14-5-4-10-30-14)13-21-25-18-8-2-1-6-15(18)22(28)26-21/h1-3,6-9,11,14H,4-5,10,12-13H2,(H,25,26,28). The first-order chi connectivity index (χ1) is 15.1. The third-order valence-electron chi connectivity index (χ3n) is 5.46. The maximum absolute atomic E-state index is 14.1. The SMILES string of the molecule is O=C(c1cc2c(F)cccc2s1)N(Cc1nc2ccccc2c(=O)[nH]1)CC1CCCO1. The molecular weight excluding hydrogens is 417 g/mol. The third kappa shape index (κ3) is 3.96. The maximum atomic E-state index is 14.1. The van der Waals surface area contributed by atoms with E-state index < -0.39 is 0 Å². The highest BCUT2D eigenvalue weighted by Crippen LogP contribution is 2.29. The van der Waals surface area contributed by atoms with Crippen LogP contribution in [0, 0.1) is 5.82 Å². The van der Waals surface area contributed by atoms with Gasteiger partial charge in [0.15, 0.2) is 0 Å². The fourth-order valence-electron chi connectivity index (χ4n) is 3.93. The van der Waals surface area contributed by atoms with Gasteiger partial charge in [0.05, 0.1) is 28.4 Å². The molecule has 1 N–H and O–H groups in total. The van der Waals surface area contributed by atoms with Crippen molar-refractivity contribution in [1.29, 1.82) is 0 Å². The summed E-state index contributed by atoms with van der Waals surface area (Å²) in [5, 5.41) is 0.938. The topological polar surface area (TPSA) is 75.3 Å². The number of halogens is 1. The van der Waals surface area contributed by atoms with Gasteiger partial charge in [-0.3, -0.25) is 9.59 Å². The molecule has 6 nitrogen and oxygen atoms in total. The second-order valence-electron chi connectivity index (χ2n) is 7.61. The Morgan fingerprint density at radius 1 is 1.23 bits per heavy atom. The van der Waals surface area contributed by atoms with Crippen LogP contribution in [0.1, 0.15) is 28.3 Å². The van der Waals surface area contributed by atoms with Gasteiger partial charge < -0.3 is 14.6 Å². The minimum absolute atomic E-state index is 0.0674. The second kappa shape index (κ2) is 8.20. The van der Waals surface area contributed by atoms with E-state index in [1.54, 1.807) is 41.3 Å². The number of hydrogen-bond acceptors (Lipinski definition) is 5. The van der Waals surface area contributed by atoms with Gasteiger partial charge >= 0.3 is 0 Å². The lowest BCUT2D eigenvalue weighted by Crippen LogP contribution is -2.37. The van der Waals surface area contributed by atoms with Crippen molar-refractivity contribution in [2.24, 2.45) is 0 Å². The molecule has 0 aliphatic carbocycles.